The lowest BCUT2D eigenvalue weighted by atomic mass is 9.89. The maximum Gasteiger partial charge on any atom is 0.416 e. The molecule has 0 aromatic heterocycles. The number of fused-ring (bicyclic) bond motifs is 1. The summed E-state index contributed by atoms with van der Waals surface area (Å²) < 4.78 is 52.5. The number of rotatable bonds is 11. The average molecular weight is 655 g/mol. The topological polar surface area (TPSA) is 30.0 Å². The highest BCUT2D eigenvalue weighted by Gasteiger charge is 2.31. The van der Waals surface area contributed by atoms with Gasteiger partial charge in [0, 0.05) is 61.3 Å². The molecule has 246 valence electrons. The Balaban J connectivity index is 0.881. The van der Waals surface area contributed by atoms with Gasteiger partial charge in [0.1, 0.15) is 5.82 Å². The number of anilines is 2. The predicted molar refractivity (Wildman–Crippen MR) is 177 cm³/mol. The molecule has 5 nitrogen and oxygen atoms in total. The van der Waals surface area contributed by atoms with Crippen LogP contribution in [0.4, 0.5) is 28.9 Å². The number of ketones is 1. The number of benzene rings is 3. The summed E-state index contributed by atoms with van der Waals surface area (Å²) in [6.07, 6.45) is 0.643. The molecule has 3 aromatic rings. The van der Waals surface area contributed by atoms with E-state index in [1.165, 1.54) is 40.4 Å². The fraction of sp³-hybridized carbons (Fsp3) is 0.472. The average Bonchev–Trinajstić information content (AvgIpc) is 3.48. The maximum atomic E-state index is 13.2. The first kappa shape index (κ1) is 32.8. The molecular formula is C36H42F4N4OS. The van der Waals surface area contributed by atoms with Gasteiger partial charge in [0.25, 0.3) is 0 Å². The quantitative estimate of drug-likeness (QED) is 0.121. The molecule has 2 saturated heterocycles. The second-order valence-electron chi connectivity index (χ2n) is 12.7. The normalized spacial score (nSPS) is 18.3. The van der Waals surface area contributed by atoms with Gasteiger partial charge in [-0.3, -0.25) is 9.69 Å². The number of alkyl halides is 3. The largest absolute Gasteiger partial charge is 0.416 e. The Morgan fingerprint density at radius 2 is 1.54 bits per heavy atom. The number of carbonyl (C=O) groups is 1. The van der Waals surface area contributed by atoms with Crippen LogP contribution in [0.15, 0.2) is 71.6 Å². The van der Waals surface area contributed by atoms with Crippen molar-refractivity contribution in [3.05, 3.63) is 89.2 Å². The molecule has 3 aliphatic heterocycles. The van der Waals surface area contributed by atoms with Gasteiger partial charge < -0.3 is 14.7 Å². The number of carbonyl (C=O) groups excluding carboxylic acids is 1. The van der Waals surface area contributed by atoms with Gasteiger partial charge in [0.05, 0.1) is 17.1 Å². The molecule has 0 bridgehead atoms. The molecule has 0 atom stereocenters. The Hall–Kier alpha value is -3.08. The van der Waals surface area contributed by atoms with E-state index in [9.17, 15) is 22.4 Å². The Morgan fingerprint density at radius 1 is 0.804 bits per heavy atom. The molecule has 2 fully saturated rings. The summed E-state index contributed by atoms with van der Waals surface area (Å²) in [5.41, 5.74) is 3.36. The van der Waals surface area contributed by atoms with Gasteiger partial charge >= 0.3 is 6.18 Å². The van der Waals surface area contributed by atoms with Crippen LogP contribution in [0.3, 0.4) is 0 Å². The molecule has 0 unspecified atom stereocenters. The zero-order valence-corrected chi connectivity index (χ0v) is 27.0. The molecule has 3 heterocycles. The van der Waals surface area contributed by atoms with E-state index in [0.717, 1.165) is 103 Å². The third kappa shape index (κ3) is 8.25. The molecule has 0 aliphatic carbocycles. The predicted octanol–water partition coefficient (Wildman–Crippen LogP) is 7.45. The SMILES string of the molecule is O=C(c1ccc(F)cc1)C1CCN(CCN2CSc3cc(CCCCN4CCN(c5cccc(C(F)(F)F)c5)CC4)ccc32)CC1. The number of piperazine rings is 1. The Morgan fingerprint density at radius 3 is 2.28 bits per heavy atom. The van der Waals surface area contributed by atoms with Crippen LogP contribution in [0.1, 0.15) is 47.2 Å². The van der Waals surface area contributed by atoms with Crippen molar-refractivity contribution < 1.29 is 22.4 Å². The molecule has 0 radical (unpaired) electrons. The smallest absolute Gasteiger partial charge is 0.369 e. The van der Waals surface area contributed by atoms with Gasteiger partial charge in [-0.15, -0.1) is 11.8 Å². The van der Waals surface area contributed by atoms with Crippen LogP contribution in [-0.4, -0.2) is 80.4 Å². The Kier molecular flexibility index (Phi) is 10.6. The van der Waals surface area contributed by atoms with Crippen LogP contribution < -0.4 is 9.80 Å². The summed E-state index contributed by atoms with van der Waals surface area (Å²) in [5, 5.41) is 0. The number of nitrogens with zero attached hydrogens (tertiary/aromatic N) is 4. The zero-order valence-electron chi connectivity index (χ0n) is 26.2. The summed E-state index contributed by atoms with van der Waals surface area (Å²) in [6, 6.07) is 18.4. The number of Topliss-reactive ketones (excluding diaryl/α,β-unsaturated/α-hetero) is 1. The van der Waals surface area contributed by atoms with Crippen molar-refractivity contribution in [1.82, 2.24) is 9.80 Å². The van der Waals surface area contributed by atoms with Gasteiger partial charge in [-0.25, -0.2) is 4.39 Å². The van der Waals surface area contributed by atoms with Crippen molar-refractivity contribution in [3.63, 3.8) is 0 Å². The molecule has 0 amide bonds. The Bertz CT molecular complexity index is 1470. The molecule has 0 spiro atoms. The van der Waals surface area contributed by atoms with Gasteiger partial charge in [-0.1, -0.05) is 12.1 Å². The Labute approximate surface area is 273 Å². The summed E-state index contributed by atoms with van der Waals surface area (Å²) in [7, 11) is 0. The van der Waals surface area contributed by atoms with E-state index < -0.39 is 11.7 Å². The van der Waals surface area contributed by atoms with Crippen LogP contribution in [0.25, 0.3) is 0 Å². The molecule has 46 heavy (non-hydrogen) atoms. The lowest BCUT2D eigenvalue weighted by Crippen LogP contribution is -2.46. The van der Waals surface area contributed by atoms with Crippen LogP contribution in [0.5, 0.6) is 0 Å². The number of unbranched alkanes of at least 4 members (excludes halogenated alkanes) is 1. The van der Waals surface area contributed by atoms with Crippen LogP contribution in [0, 0.1) is 11.7 Å². The number of likely N-dealkylation sites (tertiary alicyclic amines) is 1. The van der Waals surface area contributed by atoms with Gasteiger partial charge in [-0.2, -0.15) is 13.2 Å². The minimum atomic E-state index is -4.31. The number of hydrogen-bond acceptors (Lipinski definition) is 6. The summed E-state index contributed by atoms with van der Waals surface area (Å²) in [6.45, 7) is 8.02. The minimum Gasteiger partial charge on any atom is -0.369 e. The second kappa shape index (κ2) is 14.8. The van der Waals surface area contributed by atoms with Crippen LogP contribution >= 0.6 is 11.8 Å². The lowest BCUT2D eigenvalue weighted by molar-refractivity contribution is -0.137. The van der Waals surface area contributed by atoms with Crippen molar-refractivity contribution in [2.24, 2.45) is 5.92 Å². The van der Waals surface area contributed by atoms with Crippen molar-refractivity contribution in [2.75, 3.05) is 74.6 Å². The number of hydrogen-bond donors (Lipinski definition) is 0. The molecule has 6 rings (SSSR count). The molecule has 0 N–H and O–H groups in total. The fourth-order valence-corrected chi connectivity index (χ4v) is 7.94. The van der Waals surface area contributed by atoms with E-state index in [-0.39, 0.29) is 17.5 Å². The number of aryl methyl sites for hydroxylation is 1. The highest BCUT2D eigenvalue weighted by Crippen LogP contribution is 2.39. The molecule has 3 aromatic carbocycles. The minimum absolute atomic E-state index is 0.0199. The van der Waals surface area contributed by atoms with Crippen molar-refractivity contribution in [3.8, 4) is 0 Å². The number of thioether (sulfide) groups is 1. The standard InChI is InChI=1S/C36H42F4N4OS/c37-31-10-8-28(9-11-31)35(45)29-13-16-42(17-14-29)20-23-44-26-46-34-24-27(7-12-33(34)44)4-1-2-15-41-18-21-43(22-19-41)32-6-3-5-30(25-32)36(38,39)40/h3,5-12,24-25,29H,1-2,4,13-23,26H2. The molecular weight excluding hydrogens is 612 g/mol. The third-order valence-corrected chi connectivity index (χ3v) is 10.7. The first-order valence-electron chi connectivity index (χ1n) is 16.4. The van der Waals surface area contributed by atoms with E-state index in [1.807, 2.05) is 11.8 Å². The highest BCUT2D eigenvalue weighted by molar-refractivity contribution is 7.99. The zero-order chi connectivity index (χ0) is 32.1. The molecule has 10 heteroatoms. The molecule has 0 saturated carbocycles. The summed E-state index contributed by atoms with van der Waals surface area (Å²) >= 11 is 1.90. The molecule has 3 aliphatic rings. The van der Waals surface area contributed by atoms with Gasteiger partial charge in [-0.05, 0) is 112 Å². The van der Waals surface area contributed by atoms with E-state index >= 15 is 0 Å². The first-order valence-corrected chi connectivity index (χ1v) is 17.4. The van der Waals surface area contributed by atoms with Gasteiger partial charge in [0.15, 0.2) is 5.78 Å². The van der Waals surface area contributed by atoms with Crippen molar-refractivity contribution in [2.45, 2.75) is 43.2 Å². The first-order chi connectivity index (χ1) is 22.2. The highest BCUT2D eigenvalue weighted by atomic mass is 32.2. The monoisotopic (exact) mass is 654 g/mol. The van der Waals surface area contributed by atoms with E-state index in [4.69, 9.17) is 0 Å². The van der Waals surface area contributed by atoms with Gasteiger partial charge in [0.2, 0.25) is 0 Å². The fourth-order valence-electron chi connectivity index (χ4n) is 6.80. The summed E-state index contributed by atoms with van der Waals surface area (Å²) in [5.74, 6) is 0.804. The maximum absolute atomic E-state index is 13.2. The van der Waals surface area contributed by atoms with E-state index in [2.05, 4.69) is 37.8 Å². The third-order valence-electron chi connectivity index (χ3n) is 9.61. The second-order valence-corrected chi connectivity index (χ2v) is 13.6. The number of piperidine rings is 1. The van der Waals surface area contributed by atoms with Crippen LogP contribution in [0.2, 0.25) is 0 Å². The van der Waals surface area contributed by atoms with Crippen LogP contribution in [-0.2, 0) is 12.6 Å². The van der Waals surface area contributed by atoms with E-state index in [0.29, 0.717) is 11.3 Å². The summed E-state index contributed by atoms with van der Waals surface area (Å²) in [4.78, 5) is 23.6. The number of halogens is 4. The van der Waals surface area contributed by atoms with E-state index in [1.54, 1.807) is 18.2 Å². The lowest BCUT2D eigenvalue weighted by Gasteiger charge is -2.36. The van der Waals surface area contributed by atoms with Crippen molar-refractivity contribution >= 4 is 28.9 Å². The van der Waals surface area contributed by atoms with Crippen molar-refractivity contribution in [1.29, 1.82) is 0 Å².